The number of H-pyrrole nitrogens is 1. The van der Waals surface area contributed by atoms with Crippen LogP contribution >= 0.6 is 11.6 Å². The van der Waals surface area contributed by atoms with E-state index in [2.05, 4.69) is 31.1 Å². The summed E-state index contributed by atoms with van der Waals surface area (Å²) in [5, 5.41) is 8.27. The topological polar surface area (TPSA) is 57.7 Å². The van der Waals surface area contributed by atoms with Crippen LogP contribution in [0.2, 0.25) is 5.02 Å². The molecule has 1 N–H and O–H groups in total. The fraction of sp³-hybridized carbons (Fsp3) is 0.353. The summed E-state index contributed by atoms with van der Waals surface area (Å²) < 4.78 is 0. The second kappa shape index (κ2) is 6.26. The normalized spacial score (nSPS) is 19.3. The van der Waals surface area contributed by atoms with Gasteiger partial charge in [-0.1, -0.05) is 29.8 Å². The van der Waals surface area contributed by atoms with Crippen molar-refractivity contribution in [2.24, 2.45) is 0 Å². The summed E-state index contributed by atoms with van der Waals surface area (Å²) >= 11 is 6.30. The number of halogens is 1. The van der Waals surface area contributed by atoms with Crippen molar-refractivity contribution in [1.82, 2.24) is 25.1 Å². The van der Waals surface area contributed by atoms with Crippen LogP contribution in [-0.4, -0.2) is 38.2 Å². The lowest BCUT2D eigenvalue weighted by Gasteiger charge is -2.32. The van der Waals surface area contributed by atoms with Gasteiger partial charge in [-0.2, -0.15) is 5.10 Å². The zero-order chi connectivity index (χ0) is 15.6. The average Bonchev–Trinajstić information content (AvgIpc) is 3.01. The number of benzene rings is 1. The monoisotopic (exact) mass is 327 g/mol. The van der Waals surface area contributed by atoms with Gasteiger partial charge in [-0.05, 0) is 31.0 Å². The summed E-state index contributed by atoms with van der Waals surface area (Å²) in [7, 11) is 0. The maximum Gasteiger partial charge on any atom is 0.199 e. The van der Waals surface area contributed by atoms with Gasteiger partial charge in [-0.15, -0.1) is 0 Å². The van der Waals surface area contributed by atoms with Crippen LogP contribution in [0, 0.1) is 0 Å². The number of nitrogens with one attached hydrogen (secondary N) is 1. The molecule has 1 fully saturated rings. The minimum Gasteiger partial charge on any atom is -0.298 e. The predicted molar refractivity (Wildman–Crippen MR) is 90.4 cm³/mol. The van der Waals surface area contributed by atoms with Crippen LogP contribution < -0.4 is 0 Å². The number of aromatic amines is 1. The van der Waals surface area contributed by atoms with Crippen molar-refractivity contribution < 1.29 is 0 Å². The minimum absolute atomic E-state index is 0.410. The van der Waals surface area contributed by atoms with E-state index in [1.54, 1.807) is 12.4 Å². The van der Waals surface area contributed by atoms with Crippen LogP contribution in [0.1, 0.15) is 30.0 Å². The second-order valence-electron chi connectivity index (χ2n) is 6.03. The van der Waals surface area contributed by atoms with Crippen LogP contribution in [-0.2, 0) is 6.54 Å². The number of piperidine rings is 1. The van der Waals surface area contributed by atoms with Gasteiger partial charge in [-0.3, -0.25) is 10.00 Å². The van der Waals surface area contributed by atoms with Crippen molar-refractivity contribution in [1.29, 1.82) is 0 Å². The first-order valence-electron chi connectivity index (χ1n) is 7.92. The first-order chi connectivity index (χ1) is 11.3. The molecule has 1 aliphatic heterocycles. The Hall–Kier alpha value is -1.98. The molecule has 118 valence electrons. The van der Waals surface area contributed by atoms with Gasteiger partial charge in [0, 0.05) is 36.4 Å². The number of rotatable bonds is 3. The third-order valence-electron chi connectivity index (χ3n) is 4.48. The Balaban J connectivity index is 1.54. The lowest BCUT2D eigenvalue weighted by atomic mass is 9.94. The number of hydrogen-bond donors (Lipinski definition) is 1. The number of likely N-dealkylation sites (tertiary alicyclic amines) is 1. The third kappa shape index (κ3) is 2.94. The summed E-state index contributed by atoms with van der Waals surface area (Å²) in [4.78, 5) is 11.2. The molecule has 4 rings (SSSR count). The van der Waals surface area contributed by atoms with E-state index in [-0.39, 0.29) is 0 Å². The van der Waals surface area contributed by atoms with Gasteiger partial charge in [0.1, 0.15) is 5.52 Å². The zero-order valence-electron chi connectivity index (χ0n) is 12.7. The highest BCUT2D eigenvalue weighted by Gasteiger charge is 2.25. The molecule has 0 radical (unpaired) electrons. The van der Waals surface area contributed by atoms with Crippen molar-refractivity contribution in [3.63, 3.8) is 0 Å². The first kappa shape index (κ1) is 14.6. The van der Waals surface area contributed by atoms with Gasteiger partial charge in [0.25, 0.3) is 0 Å². The van der Waals surface area contributed by atoms with Crippen LogP contribution in [0.4, 0.5) is 0 Å². The summed E-state index contributed by atoms with van der Waals surface area (Å²) in [6.07, 6.45) is 5.71. The maximum absolute atomic E-state index is 6.30. The maximum atomic E-state index is 6.30. The van der Waals surface area contributed by atoms with Gasteiger partial charge < -0.3 is 0 Å². The van der Waals surface area contributed by atoms with E-state index >= 15 is 0 Å². The Kier molecular flexibility index (Phi) is 3.97. The molecule has 1 aliphatic rings. The largest absolute Gasteiger partial charge is 0.298 e. The molecule has 0 amide bonds. The van der Waals surface area contributed by atoms with E-state index in [0.717, 1.165) is 48.7 Å². The highest BCUT2D eigenvalue weighted by Crippen LogP contribution is 2.30. The van der Waals surface area contributed by atoms with Crippen molar-refractivity contribution in [3.8, 4) is 0 Å². The van der Waals surface area contributed by atoms with Gasteiger partial charge >= 0.3 is 0 Å². The molecular formula is C17H18ClN5. The Morgan fingerprint density at radius 2 is 2.09 bits per heavy atom. The minimum atomic E-state index is 0.410. The van der Waals surface area contributed by atoms with Crippen molar-refractivity contribution >= 4 is 22.8 Å². The van der Waals surface area contributed by atoms with E-state index < -0.39 is 0 Å². The highest BCUT2D eigenvalue weighted by molar-refractivity contribution is 6.31. The summed E-state index contributed by atoms with van der Waals surface area (Å²) in [6, 6.07) is 8.07. The zero-order valence-corrected chi connectivity index (χ0v) is 13.5. The molecule has 0 bridgehead atoms. The molecular weight excluding hydrogens is 310 g/mol. The third-order valence-corrected chi connectivity index (χ3v) is 4.85. The Labute approximate surface area is 139 Å². The molecule has 3 aromatic rings. The Morgan fingerprint density at radius 1 is 1.22 bits per heavy atom. The van der Waals surface area contributed by atoms with Gasteiger partial charge in [-0.25, -0.2) is 9.97 Å². The van der Waals surface area contributed by atoms with E-state index in [1.807, 2.05) is 18.2 Å². The second-order valence-corrected chi connectivity index (χ2v) is 6.44. The predicted octanol–water partition coefficient (Wildman–Crippen LogP) is 3.39. The van der Waals surface area contributed by atoms with Crippen molar-refractivity contribution in [2.75, 3.05) is 13.1 Å². The lowest BCUT2D eigenvalue weighted by molar-refractivity contribution is 0.199. The van der Waals surface area contributed by atoms with E-state index in [9.17, 15) is 0 Å². The van der Waals surface area contributed by atoms with Crippen molar-refractivity contribution in [2.45, 2.75) is 25.3 Å². The van der Waals surface area contributed by atoms with E-state index in [0.29, 0.717) is 11.6 Å². The van der Waals surface area contributed by atoms with Crippen molar-refractivity contribution in [3.05, 3.63) is 52.9 Å². The molecule has 0 spiro atoms. The van der Waals surface area contributed by atoms with Crippen LogP contribution in [0.3, 0.4) is 0 Å². The van der Waals surface area contributed by atoms with Crippen LogP contribution in [0.5, 0.6) is 0 Å². The molecule has 1 aromatic carbocycles. The van der Waals surface area contributed by atoms with Crippen LogP contribution in [0.15, 0.2) is 36.7 Å². The molecule has 1 saturated heterocycles. The molecule has 0 unspecified atom stereocenters. The highest BCUT2D eigenvalue weighted by atomic mass is 35.5. The standard InChI is InChI=1S/C17H18ClN5/c18-14-6-2-1-4-12(14)10-23-9-3-5-13(11-23)15-16-17(22-21-15)20-8-7-19-16/h1-2,4,6-8,13H,3,5,9-11H2,(H,20,21,22)/t13-/m0/s1. The van der Waals surface area contributed by atoms with E-state index in [4.69, 9.17) is 11.6 Å². The molecule has 5 nitrogen and oxygen atoms in total. The SMILES string of the molecule is Clc1ccccc1CN1CCC[C@H](c2[nH]nc3nccnc23)C1. The molecule has 1 atom stereocenters. The fourth-order valence-corrected chi connectivity index (χ4v) is 3.55. The van der Waals surface area contributed by atoms with Gasteiger partial charge in [0.15, 0.2) is 5.65 Å². The number of hydrogen-bond acceptors (Lipinski definition) is 4. The van der Waals surface area contributed by atoms with Gasteiger partial charge in [0.2, 0.25) is 0 Å². The first-order valence-corrected chi connectivity index (χ1v) is 8.30. The lowest BCUT2D eigenvalue weighted by Crippen LogP contribution is -2.34. The fourth-order valence-electron chi connectivity index (χ4n) is 3.36. The number of fused-ring (bicyclic) bond motifs is 1. The molecule has 6 heteroatoms. The Bertz CT molecular complexity index is 815. The van der Waals surface area contributed by atoms with Crippen LogP contribution in [0.25, 0.3) is 11.2 Å². The molecule has 0 saturated carbocycles. The quantitative estimate of drug-likeness (QED) is 0.801. The summed E-state index contributed by atoms with van der Waals surface area (Å²) in [6.45, 7) is 2.96. The number of aromatic nitrogens is 4. The molecule has 2 aromatic heterocycles. The summed E-state index contributed by atoms with van der Waals surface area (Å²) in [5.74, 6) is 0.410. The Morgan fingerprint density at radius 3 is 3.00 bits per heavy atom. The number of nitrogens with zero attached hydrogens (tertiary/aromatic N) is 4. The average molecular weight is 328 g/mol. The molecule has 3 heterocycles. The molecule has 0 aliphatic carbocycles. The smallest absolute Gasteiger partial charge is 0.199 e. The summed E-state index contributed by atoms with van der Waals surface area (Å²) in [5.41, 5.74) is 3.89. The molecule has 23 heavy (non-hydrogen) atoms. The van der Waals surface area contributed by atoms with Gasteiger partial charge in [0.05, 0.1) is 5.69 Å². The van der Waals surface area contributed by atoms with E-state index in [1.165, 1.54) is 5.56 Å².